The number of fused-ring (bicyclic) bond motifs is 2. The maximum Gasteiger partial charge on any atom is 0.231 e. The molecule has 23 heavy (non-hydrogen) atoms. The number of imidazole rings is 1. The van der Waals surface area contributed by atoms with Crippen LogP contribution in [0.25, 0.3) is 11.4 Å². The van der Waals surface area contributed by atoms with E-state index in [1.54, 1.807) is 0 Å². The van der Waals surface area contributed by atoms with E-state index in [1.807, 2.05) is 48.8 Å². The zero-order valence-corrected chi connectivity index (χ0v) is 12.3. The first-order chi connectivity index (χ1) is 11.4. The van der Waals surface area contributed by atoms with Crippen molar-refractivity contribution in [2.75, 3.05) is 13.4 Å². The van der Waals surface area contributed by atoms with Crippen LogP contribution in [0.2, 0.25) is 0 Å². The van der Waals surface area contributed by atoms with Crippen molar-refractivity contribution < 1.29 is 14.2 Å². The van der Waals surface area contributed by atoms with Crippen molar-refractivity contribution in [1.82, 2.24) is 9.55 Å². The third-order valence-electron chi connectivity index (χ3n) is 4.31. The van der Waals surface area contributed by atoms with E-state index in [1.165, 1.54) is 5.56 Å². The predicted molar refractivity (Wildman–Crippen MR) is 83.9 cm³/mol. The molecule has 0 saturated carbocycles. The van der Waals surface area contributed by atoms with Gasteiger partial charge in [0, 0.05) is 23.5 Å². The molecule has 0 radical (unpaired) electrons. The van der Waals surface area contributed by atoms with E-state index in [0.717, 1.165) is 28.6 Å². The van der Waals surface area contributed by atoms with Gasteiger partial charge in [-0.25, -0.2) is 4.98 Å². The Balaban J connectivity index is 1.59. The fraction of sp³-hybridized carbons (Fsp3) is 0.167. The summed E-state index contributed by atoms with van der Waals surface area (Å²) in [5, 5.41) is 0. The lowest BCUT2D eigenvalue weighted by atomic mass is 10.1. The number of hydrogen-bond acceptors (Lipinski definition) is 4. The summed E-state index contributed by atoms with van der Waals surface area (Å²) in [6.45, 7) is 0.893. The lowest BCUT2D eigenvalue weighted by molar-refractivity contribution is 0.174. The number of aromatic nitrogens is 2. The lowest BCUT2D eigenvalue weighted by Crippen LogP contribution is -2.12. The summed E-state index contributed by atoms with van der Waals surface area (Å²) < 4.78 is 18.8. The summed E-state index contributed by atoms with van der Waals surface area (Å²) in [6.07, 6.45) is 3.82. The summed E-state index contributed by atoms with van der Waals surface area (Å²) >= 11 is 0. The van der Waals surface area contributed by atoms with Crippen LogP contribution in [0.1, 0.15) is 11.6 Å². The van der Waals surface area contributed by atoms with E-state index in [4.69, 9.17) is 14.2 Å². The van der Waals surface area contributed by atoms with Crippen molar-refractivity contribution >= 4 is 0 Å². The minimum absolute atomic E-state index is 0.133. The highest BCUT2D eigenvalue weighted by Crippen LogP contribution is 2.39. The average molecular weight is 306 g/mol. The second kappa shape index (κ2) is 4.78. The standard InChI is InChI=1S/C18H14N2O3/c1-2-4-15-13(3-1)14(10-21-15)20-8-7-19-18(20)12-5-6-16-17(9-12)23-11-22-16/h1-9,14H,10-11H2. The topological polar surface area (TPSA) is 45.5 Å². The van der Waals surface area contributed by atoms with Crippen LogP contribution < -0.4 is 14.2 Å². The summed E-state index contributed by atoms with van der Waals surface area (Å²) in [4.78, 5) is 4.54. The molecule has 1 atom stereocenters. The maximum atomic E-state index is 5.81. The van der Waals surface area contributed by atoms with Crippen LogP contribution in [-0.2, 0) is 0 Å². The monoisotopic (exact) mass is 306 g/mol. The SMILES string of the molecule is c1ccc2c(c1)OCC2n1ccnc1-c1ccc2c(c1)OCO2. The average Bonchev–Trinajstić information content (AvgIpc) is 3.32. The Morgan fingerprint density at radius 2 is 1.87 bits per heavy atom. The van der Waals surface area contributed by atoms with Crippen LogP contribution in [0.4, 0.5) is 0 Å². The Labute approximate surface area is 133 Å². The molecular formula is C18H14N2O3. The van der Waals surface area contributed by atoms with Gasteiger partial charge in [-0.1, -0.05) is 18.2 Å². The van der Waals surface area contributed by atoms with Crippen molar-refractivity contribution in [3.63, 3.8) is 0 Å². The number of nitrogens with zero attached hydrogens (tertiary/aromatic N) is 2. The molecule has 1 unspecified atom stereocenters. The molecule has 0 spiro atoms. The smallest absolute Gasteiger partial charge is 0.231 e. The number of hydrogen-bond donors (Lipinski definition) is 0. The van der Waals surface area contributed by atoms with Crippen molar-refractivity contribution in [1.29, 1.82) is 0 Å². The first-order valence-electron chi connectivity index (χ1n) is 7.55. The van der Waals surface area contributed by atoms with Crippen molar-refractivity contribution in [3.8, 4) is 28.6 Å². The normalized spacial score (nSPS) is 17.8. The van der Waals surface area contributed by atoms with Crippen LogP contribution in [0.15, 0.2) is 54.9 Å². The van der Waals surface area contributed by atoms with Crippen LogP contribution in [0.3, 0.4) is 0 Å². The minimum Gasteiger partial charge on any atom is -0.491 e. The number of rotatable bonds is 2. The van der Waals surface area contributed by atoms with Crippen LogP contribution in [-0.4, -0.2) is 23.0 Å². The zero-order chi connectivity index (χ0) is 15.2. The van der Waals surface area contributed by atoms with Gasteiger partial charge in [-0.3, -0.25) is 0 Å². The van der Waals surface area contributed by atoms with E-state index in [-0.39, 0.29) is 12.8 Å². The zero-order valence-electron chi connectivity index (χ0n) is 12.3. The maximum absolute atomic E-state index is 5.81. The van der Waals surface area contributed by atoms with E-state index in [2.05, 4.69) is 15.6 Å². The number of benzene rings is 2. The molecule has 2 aromatic carbocycles. The van der Waals surface area contributed by atoms with Crippen LogP contribution in [0.5, 0.6) is 17.2 Å². The van der Waals surface area contributed by atoms with Gasteiger partial charge in [0.25, 0.3) is 0 Å². The number of para-hydroxylation sites is 1. The predicted octanol–water partition coefficient (Wildman–Crippen LogP) is 3.26. The van der Waals surface area contributed by atoms with E-state index >= 15 is 0 Å². The summed E-state index contributed by atoms with van der Waals surface area (Å²) in [6, 6.07) is 14.2. The molecule has 1 aromatic heterocycles. The largest absolute Gasteiger partial charge is 0.491 e. The molecule has 5 heteroatoms. The summed E-state index contributed by atoms with van der Waals surface area (Å²) in [7, 11) is 0. The molecule has 0 saturated heterocycles. The molecule has 5 rings (SSSR count). The molecule has 3 aromatic rings. The molecule has 3 heterocycles. The molecule has 2 aliphatic rings. The van der Waals surface area contributed by atoms with Crippen molar-refractivity contribution in [3.05, 3.63) is 60.4 Å². The molecule has 0 bridgehead atoms. The Hall–Kier alpha value is -2.95. The van der Waals surface area contributed by atoms with Gasteiger partial charge in [0.2, 0.25) is 6.79 Å². The van der Waals surface area contributed by atoms with Crippen LogP contribution >= 0.6 is 0 Å². The molecule has 0 aliphatic carbocycles. The first-order valence-corrected chi connectivity index (χ1v) is 7.55. The molecule has 0 amide bonds. The first kappa shape index (κ1) is 12.6. The highest BCUT2D eigenvalue weighted by Gasteiger charge is 2.27. The summed E-state index contributed by atoms with van der Waals surface area (Å²) in [5.74, 6) is 3.39. The second-order valence-corrected chi connectivity index (χ2v) is 5.59. The lowest BCUT2D eigenvalue weighted by Gasteiger charge is -2.15. The Morgan fingerprint density at radius 1 is 0.957 bits per heavy atom. The molecule has 0 N–H and O–H groups in total. The summed E-state index contributed by atoms with van der Waals surface area (Å²) in [5.41, 5.74) is 2.19. The van der Waals surface area contributed by atoms with Crippen molar-refractivity contribution in [2.45, 2.75) is 6.04 Å². The van der Waals surface area contributed by atoms with Gasteiger partial charge in [-0.2, -0.15) is 0 Å². The van der Waals surface area contributed by atoms with Gasteiger partial charge >= 0.3 is 0 Å². The van der Waals surface area contributed by atoms with E-state index in [0.29, 0.717) is 6.61 Å². The van der Waals surface area contributed by atoms with Crippen molar-refractivity contribution in [2.24, 2.45) is 0 Å². The Morgan fingerprint density at radius 3 is 2.87 bits per heavy atom. The van der Waals surface area contributed by atoms with Crippen LogP contribution in [0, 0.1) is 0 Å². The molecule has 2 aliphatic heterocycles. The fourth-order valence-corrected chi connectivity index (χ4v) is 3.20. The number of ether oxygens (including phenoxy) is 3. The van der Waals surface area contributed by atoms with Gasteiger partial charge in [-0.05, 0) is 24.3 Å². The molecule has 0 fully saturated rings. The van der Waals surface area contributed by atoms with Gasteiger partial charge in [0.15, 0.2) is 11.5 Å². The third-order valence-corrected chi connectivity index (χ3v) is 4.31. The third kappa shape index (κ3) is 1.90. The van der Waals surface area contributed by atoms with E-state index < -0.39 is 0 Å². The molecule has 5 nitrogen and oxygen atoms in total. The highest BCUT2D eigenvalue weighted by atomic mass is 16.7. The van der Waals surface area contributed by atoms with E-state index in [9.17, 15) is 0 Å². The van der Waals surface area contributed by atoms with Gasteiger partial charge in [-0.15, -0.1) is 0 Å². The molecule has 114 valence electrons. The molecular weight excluding hydrogens is 292 g/mol. The highest BCUT2D eigenvalue weighted by molar-refractivity contribution is 5.62. The Bertz CT molecular complexity index is 887. The fourth-order valence-electron chi connectivity index (χ4n) is 3.20. The second-order valence-electron chi connectivity index (χ2n) is 5.59. The quantitative estimate of drug-likeness (QED) is 0.729. The Kier molecular flexibility index (Phi) is 2.61. The minimum atomic E-state index is 0.133. The van der Waals surface area contributed by atoms with Gasteiger partial charge in [0.05, 0.1) is 6.04 Å². The van der Waals surface area contributed by atoms with Gasteiger partial charge < -0.3 is 18.8 Å². The van der Waals surface area contributed by atoms with Gasteiger partial charge in [0.1, 0.15) is 18.2 Å².